The van der Waals surface area contributed by atoms with Gasteiger partial charge >= 0.3 is 0 Å². The summed E-state index contributed by atoms with van der Waals surface area (Å²) in [5.41, 5.74) is 1.39. The summed E-state index contributed by atoms with van der Waals surface area (Å²) in [5.74, 6) is 0. The molecule has 0 saturated heterocycles. The normalized spacial score (nSPS) is 16.8. The highest BCUT2D eigenvalue weighted by Crippen LogP contribution is 2.26. The second-order valence-corrected chi connectivity index (χ2v) is 6.01. The molecule has 0 heterocycles. The van der Waals surface area contributed by atoms with Crippen LogP contribution in [0.5, 0.6) is 0 Å². The maximum Gasteiger partial charge on any atom is 0.0212 e. The zero-order chi connectivity index (χ0) is 13.9. The van der Waals surface area contributed by atoms with Gasteiger partial charge in [0.15, 0.2) is 0 Å². The summed E-state index contributed by atoms with van der Waals surface area (Å²) >= 11 is 0. The van der Waals surface area contributed by atoms with E-state index in [0.29, 0.717) is 6.04 Å². The molecule has 0 aliphatic heterocycles. The van der Waals surface area contributed by atoms with E-state index in [1.165, 1.54) is 29.2 Å². The van der Waals surface area contributed by atoms with Crippen LogP contribution in [0, 0.1) is 0 Å². The van der Waals surface area contributed by atoms with Crippen LogP contribution in [-0.2, 0) is 6.54 Å². The molecule has 2 nitrogen and oxygen atoms in total. The number of benzene rings is 2. The Morgan fingerprint density at radius 3 is 2.70 bits per heavy atom. The van der Waals surface area contributed by atoms with E-state index in [4.69, 9.17) is 0 Å². The van der Waals surface area contributed by atoms with Crippen LogP contribution in [-0.4, -0.2) is 30.6 Å². The second kappa shape index (κ2) is 5.94. The Morgan fingerprint density at radius 1 is 1.15 bits per heavy atom. The van der Waals surface area contributed by atoms with Crippen molar-refractivity contribution >= 4 is 10.8 Å². The molecule has 0 amide bonds. The van der Waals surface area contributed by atoms with E-state index in [1.807, 2.05) is 0 Å². The highest BCUT2D eigenvalue weighted by molar-refractivity contribution is 5.85. The first-order valence-electron chi connectivity index (χ1n) is 7.65. The molecule has 0 aromatic heterocycles. The van der Waals surface area contributed by atoms with Crippen LogP contribution in [0.15, 0.2) is 42.5 Å². The van der Waals surface area contributed by atoms with Crippen LogP contribution in [0.1, 0.15) is 25.3 Å². The summed E-state index contributed by atoms with van der Waals surface area (Å²) in [7, 11) is 2.25. The zero-order valence-corrected chi connectivity index (χ0v) is 12.5. The molecule has 1 unspecified atom stereocenters. The molecule has 1 saturated carbocycles. The summed E-state index contributed by atoms with van der Waals surface area (Å²) in [6.07, 6.45) is 2.76. The van der Waals surface area contributed by atoms with E-state index >= 15 is 0 Å². The fraction of sp³-hybridized carbons (Fsp3) is 0.444. The standard InChI is InChI=1S/C18H24N2/c1-14(20(2)17-10-11-17)12-19-13-16-8-5-7-15-6-3-4-9-18(15)16/h3-9,14,17,19H,10-13H2,1-2H3. The van der Waals surface area contributed by atoms with Crippen LogP contribution in [0.3, 0.4) is 0 Å². The van der Waals surface area contributed by atoms with E-state index in [1.54, 1.807) is 0 Å². The minimum Gasteiger partial charge on any atom is -0.311 e. The first-order valence-corrected chi connectivity index (χ1v) is 7.65. The Labute approximate surface area is 121 Å². The molecule has 1 fully saturated rings. The quantitative estimate of drug-likeness (QED) is 0.863. The van der Waals surface area contributed by atoms with Crippen LogP contribution in [0.4, 0.5) is 0 Å². The van der Waals surface area contributed by atoms with Crippen molar-refractivity contribution in [2.45, 2.75) is 38.4 Å². The predicted molar refractivity (Wildman–Crippen MR) is 85.9 cm³/mol. The number of fused-ring (bicyclic) bond motifs is 1. The third-order valence-electron chi connectivity index (χ3n) is 4.45. The molecule has 1 atom stereocenters. The van der Waals surface area contributed by atoms with Crippen molar-refractivity contribution in [1.82, 2.24) is 10.2 Å². The fourth-order valence-corrected chi connectivity index (χ4v) is 2.85. The van der Waals surface area contributed by atoms with E-state index in [-0.39, 0.29) is 0 Å². The Balaban J connectivity index is 1.59. The molecule has 0 spiro atoms. The average Bonchev–Trinajstić information content (AvgIpc) is 3.31. The summed E-state index contributed by atoms with van der Waals surface area (Å²) in [4.78, 5) is 2.51. The maximum absolute atomic E-state index is 3.62. The van der Waals surface area contributed by atoms with Crippen molar-refractivity contribution in [3.8, 4) is 0 Å². The van der Waals surface area contributed by atoms with Gasteiger partial charge in [-0.05, 0) is 43.1 Å². The molecule has 1 aliphatic carbocycles. The van der Waals surface area contributed by atoms with Crippen LogP contribution < -0.4 is 5.32 Å². The van der Waals surface area contributed by atoms with Gasteiger partial charge in [-0.15, -0.1) is 0 Å². The molecule has 1 N–H and O–H groups in total. The Bertz CT molecular complexity index is 569. The third-order valence-corrected chi connectivity index (χ3v) is 4.45. The van der Waals surface area contributed by atoms with E-state index in [9.17, 15) is 0 Å². The highest BCUT2D eigenvalue weighted by Gasteiger charge is 2.28. The highest BCUT2D eigenvalue weighted by atomic mass is 15.2. The van der Waals surface area contributed by atoms with Gasteiger partial charge in [-0.3, -0.25) is 4.90 Å². The van der Waals surface area contributed by atoms with Crippen molar-refractivity contribution in [3.05, 3.63) is 48.0 Å². The Morgan fingerprint density at radius 2 is 1.90 bits per heavy atom. The number of hydrogen-bond donors (Lipinski definition) is 1. The lowest BCUT2D eigenvalue weighted by Gasteiger charge is -2.24. The SMILES string of the molecule is CC(CNCc1cccc2ccccc12)N(C)C1CC1. The molecular formula is C18H24N2. The molecule has 0 bridgehead atoms. The monoisotopic (exact) mass is 268 g/mol. The minimum absolute atomic E-state index is 0.609. The van der Waals surface area contributed by atoms with Gasteiger partial charge < -0.3 is 5.32 Å². The Kier molecular flexibility index (Phi) is 4.04. The number of nitrogens with one attached hydrogen (secondary N) is 1. The average molecular weight is 268 g/mol. The first-order chi connectivity index (χ1) is 9.75. The van der Waals surface area contributed by atoms with Gasteiger partial charge in [-0.25, -0.2) is 0 Å². The molecule has 20 heavy (non-hydrogen) atoms. The first kappa shape index (κ1) is 13.6. The van der Waals surface area contributed by atoms with Gasteiger partial charge in [-0.1, -0.05) is 42.5 Å². The lowest BCUT2D eigenvalue weighted by molar-refractivity contribution is 0.241. The summed E-state index contributed by atoms with van der Waals surface area (Å²) in [6.45, 7) is 4.31. The van der Waals surface area contributed by atoms with Crippen molar-refractivity contribution in [2.75, 3.05) is 13.6 Å². The molecule has 2 aromatic carbocycles. The number of hydrogen-bond acceptors (Lipinski definition) is 2. The van der Waals surface area contributed by atoms with E-state index < -0.39 is 0 Å². The van der Waals surface area contributed by atoms with Gasteiger partial charge in [0.05, 0.1) is 0 Å². The van der Waals surface area contributed by atoms with Gasteiger partial charge in [-0.2, -0.15) is 0 Å². The topological polar surface area (TPSA) is 15.3 Å². The van der Waals surface area contributed by atoms with Crippen molar-refractivity contribution < 1.29 is 0 Å². The largest absolute Gasteiger partial charge is 0.311 e. The fourth-order valence-electron chi connectivity index (χ4n) is 2.85. The lowest BCUT2D eigenvalue weighted by Crippen LogP contribution is -2.38. The van der Waals surface area contributed by atoms with Gasteiger partial charge in [0.25, 0.3) is 0 Å². The molecule has 3 rings (SSSR count). The molecule has 1 aliphatic rings. The number of nitrogens with zero attached hydrogens (tertiary/aromatic N) is 1. The Hall–Kier alpha value is -1.38. The molecule has 106 valence electrons. The van der Waals surface area contributed by atoms with Crippen molar-refractivity contribution in [2.24, 2.45) is 0 Å². The third kappa shape index (κ3) is 3.02. The molecular weight excluding hydrogens is 244 g/mol. The number of rotatable bonds is 6. The van der Waals surface area contributed by atoms with E-state index in [0.717, 1.165) is 19.1 Å². The lowest BCUT2D eigenvalue weighted by atomic mass is 10.0. The smallest absolute Gasteiger partial charge is 0.0212 e. The molecule has 2 heteroatoms. The number of likely N-dealkylation sites (N-methyl/N-ethyl adjacent to an activating group) is 1. The van der Waals surface area contributed by atoms with Crippen LogP contribution in [0.25, 0.3) is 10.8 Å². The van der Waals surface area contributed by atoms with E-state index in [2.05, 4.69) is 66.7 Å². The van der Waals surface area contributed by atoms with Crippen molar-refractivity contribution in [3.63, 3.8) is 0 Å². The van der Waals surface area contributed by atoms with Gasteiger partial charge in [0.1, 0.15) is 0 Å². The molecule has 2 aromatic rings. The van der Waals surface area contributed by atoms with Gasteiger partial charge in [0.2, 0.25) is 0 Å². The van der Waals surface area contributed by atoms with Crippen LogP contribution >= 0.6 is 0 Å². The maximum atomic E-state index is 3.62. The summed E-state index contributed by atoms with van der Waals surface area (Å²) in [5, 5.41) is 6.31. The zero-order valence-electron chi connectivity index (χ0n) is 12.5. The second-order valence-electron chi connectivity index (χ2n) is 6.01. The molecule has 0 radical (unpaired) electrons. The van der Waals surface area contributed by atoms with Crippen molar-refractivity contribution in [1.29, 1.82) is 0 Å². The predicted octanol–water partition coefficient (Wildman–Crippen LogP) is 3.41. The minimum atomic E-state index is 0.609. The van der Waals surface area contributed by atoms with Gasteiger partial charge in [0, 0.05) is 25.2 Å². The summed E-state index contributed by atoms with van der Waals surface area (Å²) in [6, 6.07) is 16.6. The summed E-state index contributed by atoms with van der Waals surface area (Å²) < 4.78 is 0. The van der Waals surface area contributed by atoms with Crippen LogP contribution in [0.2, 0.25) is 0 Å².